The maximum atomic E-state index is 14.3. The van der Waals surface area contributed by atoms with Crippen molar-refractivity contribution >= 4 is 23.6 Å². The van der Waals surface area contributed by atoms with E-state index in [1.165, 1.54) is 116 Å². The number of unbranched alkanes of at least 4 members (excludes halogenated alkanes) is 24. The normalized spacial score (nSPS) is 13.4. The monoisotopic (exact) mass is 1070 g/mol. The number of amides is 4. The van der Waals surface area contributed by atoms with E-state index in [2.05, 4.69) is 81.4 Å². The lowest BCUT2D eigenvalue weighted by molar-refractivity contribution is -0.143. The third-order valence-corrected chi connectivity index (χ3v) is 15.6. The van der Waals surface area contributed by atoms with Crippen LogP contribution in [-0.4, -0.2) is 124 Å². The van der Waals surface area contributed by atoms with Gasteiger partial charge in [0.2, 0.25) is 23.6 Å². The molecule has 0 radical (unpaired) electrons. The largest absolute Gasteiger partial charge is 0.383 e. The van der Waals surface area contributed by atoms with E-state index in [0.717, 1.165) is 103 Å². The first-order valence-electron chi connectivity index (χ1n) is 32.2. The summed E-state index contributed by atoms with van der Waals surface area (Å²) in [6.07, 6.45) is 49.2. The Kier molecular flexibility index (Phi) is 52.2. The highest BCUT2D eigenvalue weighted by molar-refractivity contribution is 5.88. The standard InChI is InChI=1S/C65H125N5O6/c1-10-16-20-22-24-26-28-30-32-34-36-38-40-42-44-48-60(71)69(54-56-75-8)62(58(14-5)46-18-12-3)64(73)66-50-52-68(7)53-51-67-65(74)63(59(15-6)47-19-13-4)70(55-57-76-9)61(72)49-45-43-41-39-37-35-33-31-29-27-25-23-21-17-11-2/h30-33,58-59,62-63H,10-29,34-57H2,1-9H3,(H,66,73)(H,67,74)/b32-30-,33-31-. The lowest BCUT2D eigenvalue weighted by Gasteiger charge is -2.36. The zero-order valence-electron chi connectivity index (χ0n) is 51.5. The van der Waals surface area contributed by atoms with Crippen molar-refractivity contribution in [3.63, 3.8) is 0 Å². The Bertz CT molecular complexity index is 1310. The predicted molar refractivity (Wildman–Crippen MR) is 324 cm³/mol. The van der Waals surface area contributed by atoms with Gasteiger partial charge in [-0.2, -0.15) is 0 Å². The topological polar surface area (TPSA) is 121 Å². The fraction of sp³-hybridized carbons (Fsp3) is 0.877. The average Bonchev–Trinajstić information content (AvgIpc) is 3.42. The number of likely N-dealkylation sites (N-methyl/N-ethyl adjacent to an activating group) is 1. The van der Waals surface area contributed by atoms with Gasteiger partial charge in [-0.15, -0.1) is 0 Å². The summed E-state index contributed by atoms with van der Waals surface area (Å²) in [7, 11) is 5.31. The number of hydrogen-bond acceptors (Lipinski definition) is 7. The van der Waals surface area contributed by atoms with Crippen molar-refractivity contribution in [2.45, 2.75) is 285 Å². The number of allylic oxidation sites excluding steroid dienone is 4. The Morgan fingerprint density at radius 1 is 0.408 bits per heavy atom. The summed E-state index contributed by atoms with van der Waals surface area (Å²) < 4.78 is 11.0. The molecule has 4 atom stereocenters. The lowest BCUT2D eigenvalue weighted by Crippen LogP contribution is -2.55. The molecule has 11 heteroatoms. The van der Waals surface area contributed by atoms with Crippen molar-refractivity contribution in [2.75, 3.05) is 73.7 Å². The van der Waals surface area contributed by atoms with Gasteiger partial charge in [0.25, 0.3) is 0 Å². The second-order valence-corrected chi connectivity index (χ2v) is 22.2. The maximum absolute atomic E-state index is 14.3. The number of carbonyl (C=O) groups excluding carboxylic acids is 4. The van der Waals surface area contributed by atoms with Crippen LogP contribution in [0.3, 0.4) is 0 Å². The molecule has 4 unspecified atom stereocenters. The van der Waals surface area contributed by atoms with Crippen molar-refractivity contribution in [1.29, 1.82) is 0 Å². The van der Waals surface area contributed by atoms with Crippen molar-refractivity contribution < 1.29 is 28.7 Å². The first-order chi connectivity index (χ1) is 37.1. The molecule has 0 fully saturated rings. The summed E-state index contributed by atoms with van der Waals surface area (Å²) in [6.45, 7) is 16.7. The van der Waals surface area contributed by atoms with Crippen LogP contribution in [0.25, 0.3) is 0 Å². The second kappa shape index (κ2) is 54.2. The third-order valence-electron chi connectivity index (χ3n) is 15.6. The Balaban J connectivity index is 5.41. The molecule has 0 heterocycles. The average molecular weight is 1070 g/mol. The van der Waals surface area contributed by atoms with E-state index in [0.29, 0.717) is 65.3 Å². The fourth-order valence-corrected chi connectivity index (χ4v) is 10.6. The summed E-state index contributed by atoms with van der Waals surface area (Å²) in [5.41, 5.74) is 0. The molecular weight excluding hydrogens is 947 g/mol. The smallest absolute Gasteiger partial charge is 0.243 e. The Labute approximate surface area is 470 Å². The number of ether oxygens (including phenoxy) is 2. The van der Waals surface area contributed by atoms with Crippen molar-refractivity contribution in [2.24, 2.45) is 11.8 Å². The maximum Gasteiger partial charge on any atom is 0.243 e. The molecule has 0 aromatic carbocycles. The van der Waals surface area contributed by atoms with Gasteiger partial charge in [-0.1, -0.05) is 207 Å². The molecular formula is C65H125N5O6. The summed E-state index contributed by atoms with van der Waals surface area (Å²) in [6, 6.07) is -1.10. The van der Waals surface area contributed by atoms with E-state index < -0.39 is 12.1 Å². The Morgan fingerprint density at radius 3 is 1.01 bits per heavy atom. The molecule has 0 aliphatic rings. The molecule has 0 saturated carbocycles. The van der Waals surface area contributed by atoms with Crippen molar-refractivity contribution in [3.05, 3.63) is 24.3 Å². The quantitative estimate of drug-likeness (QED) is 0.0460. The highest BCUT2D eigenvalue weighted by Gasteiger charge is 2.36. The number of carbonyl (C=O) groups is 4. The highest BCUT2D eigenvalue weighted by atomic mass is 16.5. The Morgan fingerprint density at radius 2 is 0.711 bits per heavy atom. The minimum absolute atomic E-state index is 0.0431. The highest BCUT2D eigenvalue weighted by Crippen LogP contribution is 2.26. The van der Waals surface area contributed by atoms with E-state index in [9.17, 15) is 19.2 Å². The molecule has 0 spiro atoms. The fourth-order valence-electron chi connectivity index (χ4n) is 10.6. The van der Waals surface area contributed by atoms with Crippen LogP contribution in [0, 0.1) is 11.8 Å². The number of nitrogens with zero attached hydrogens (tertiary/aromatic N) is 3. The molecule has 446 valence electrons. The number of hydrogen-bond donors (Lipinski definition) is 2. The SMILES string of the molecule is CCCCCCCC/C=C\CCCCCCCC(=O)N(CCOC)C(C(=O)NCCN(C)CCNC(=O)C(C(CC)CCCC)N(CCOC)C(=O)CCCCCCC/C=C\CCCCCCCC)C(CC)CCCC. The van der Waals surface area contributed by atoms with Crippen LogP contribution in [0.2, 0.25) is 0 Å². The zero-order valence-corrected chi connectivity index (χ0v) is 51.5. The molecule has 76 heavy (non-hydrogen) atoms. The minimum Gasteiger partial charge on any atom is -0.383 e. The number of methoxy groups -OCH3 is 2. The van der Waals surface area contributed by atoms with Gasteiger partial charge in [0, 0.05) is 66.3 Å². The van der Waals surface area contributed by atoms with E-state index >= 15 is 0 Å². The Hall–Kier alpha value is -2.76. The number of rotatable bonds is 56. The molecule has 0 aliphatic carbocycles. The molecule has 4 amide bonds. The van der Waals surface area contributed by atoms with Gasteiger partial charge in [-0.25, -0.2) is 0 Å². The summed E-state index contributed by atoms with van der Waals surface area (Å²) in [5, 5.41) is 6.45. The lowest BCUT2D eigenvalue weighted by atomic mass is 9.89. The second-order valence-electron chi connectivity index (χ2n) is 22.2. The van der Waals surface area contributed by atoms with Crippen molar-refractivity contribution in [3.8, 4) is 0 Å². The van der Waals surface area contributed by atoms with Gasteiger partial charge in [-0.3, -0.25) is 19.2 Å². The molecule has 0 saturated heterocycles. The van der Waals surface area contributed by atoms with E-state index in [-0.39, 0.29) is 35.5 Å². The van der Waals surface area contributed by atoms with E-state index in [4.69, 9.17) is 9.47 Å². The van der Waals surface area contributed by atoms with Crippen LogP contribution in [0.1, 0.15) is 273 Å². The van der Waals surface area contributed by atoms with Crippen LogP contribution in [0.4, 0.5) is 0 Å². The first-order valence-corrected chi connectivity index (χ1v) is 32.2. The molecule has 11 nitrogen and oxygen atoms in total. The molecule has 0 aliphatic heterocycles. The summed E-state index contributed by atoms with van der Waals surface area (Å²) in [5.74, 6) is 0.00104. The van der Waals surface area contributed by atoms with E-state index in [1.807, 2.05) is 16.8 Å². The molecule has 0 rings (SSSR count). The number of nitrogens with one attached hydrogen (secondary N) is 2. The van der Waals surface area contributed by atoms with Gasteiger partial charge >= 0.3 is 0 Å². The summed E-state index contributed by atoms with van der Waals surface area (Å²) >= 11 is 0. The van der Waals surface area contributed by atoms with Crippen molar-refractivity contribution in [1.82, 2.24) is 25.3 Å². The molecule has 0 aromatic rings. The van der Waals surface area contributed by atoms with Gasteiger partial charge in [-0.05, 0) is 95.9 Å². The van der Waals surface area contributed by atoms with Crippen LogP contribution in [0.5, 0.6) is 0 Å². The molecule has 0 bridgehead atoms. The van der Waals surface area contributed by atoms with Crippen LogP contribution < -0.4 is 10.6 Å². The first kappa shape index (κ1) is 73.2. The van der Waals surface area contributed by atoms with Gasteiger partial charge in [0.15, 0.2) is 0 Å². The molecule has 2 N–H and O–H groups in total. The third kappa shape index (κ3) is 38.7. The predicted octanol–water partition coefficient (Wildman–Crippen LogP) is 15.3. The van der Waals surface area contributed by atoms with Gasteiger partial charge in [0.05, 0.1) is 13.2 Å². The van der Waals surface area contributed by atoms with Crippen LogP contribution >= 0.6 is 0 Å². The molecule has 0 aromatic heterocycles. The van der Waals surface area contributed by atoms with Gasteiger partial charge < -0.3 is 34.8 Å². The van der Waals surface area contributed by atoms with Crippen LogP contribution in [-0.2, 0) is 28.7 Å². The van der Waals surface area contributed by atoms with Crippen LogP contribution in [0.15, 0.2) is 24.3 Å². The summed E-state index contributed by atoms with van der Waals surface area (Å²) in [4.78, 5) is 62.4. The van der Waals surface area contributed by atoms with E-state index in [1.54, 1.807) is 14.2 Å². The van der Waals surface area contributed by atoms with Gasteiger partial charge in [0.1, 0.15) is 12.1 Å². The minimum atomic E-state index is -0.552. The zero-order chi connectivity index (χ0) is 56.1.